The zero-order chi connectivity index (χ0) is 19.2. The second kappa shape index (κ2) is 8.52. The molecule has 0 aliphatic rings. The van der Waals surface area contributed by atoms with Crippen molar-refractivity contribution < 1.29 is 14.3 Å². The second-order valence-corrected chi connectivity index (χ2v) is 6.36. The summed E-state index contributed by atoms with van der Waals surface area (Å²) in [4.78, 5) is 24.4. The van der Waals surface area contributed by atoms with E-state index in [1.165, 1.54) is 13.0 Å². The number of hydrogen-bond acceptors (Lipinski definition) is 3. The summed E-state index contributed by atoms with van der Waals surface area (Å²) in [5.41, 5.74) is 1.37. The number of amides is 1. The predicted octanol–water partition coefficient (Wildman–Crippen LogP) is 5.08. The highest BCUT2D eigenvalue weighted by Crippen LogP contribution is 2.23. The highest BCUT2D eigenvalue weighted by Gasteiger charge is 2.17. The normalized spacial score (nSPS) is 12.1. The van der Waals surface area contributed by atoms with Crippen molar-refractivity contribution in [3.8, 4) is 0 Å². The summed E-state index contributed by atoms with van der Waals surface area (Å²) < 4.78 is 5.18. The van der Waals surface area contributed by atoms with Gasteiger partial charge in [-0.1, -0.05) is 66.2 Å². The Kier molecular flexibility index (Phi) is 5.89. The molecular weight excluding hydrogens is 362 g/mol. The van der Waals surface area contributed by atoms with Crippen LogP contribution in [0.3, 0.4) is 0 Å². The number of rotatable bonds is 5. The predicted molar refractivity (Wildman–Crippen MR) is 109 cm³/mol. The van der Waals surface area contributed by atoms with Crippen LogP contribution in [-0.4, -0.2) is 18.0 Å². The fraction of sp³-hybridized carbons (Fsp3) is 0.0909. The molecular formula is C22H18ClNO3. The van der Waals surface area contributed by atoms with Crippen LogP contribution in [0.25, 0.3) is 16.8 Å². The highest BCUT2D eigenvalue weighted by molar-refractivity contribution is 6.32. The molecule has 0 unspecified atom stereocenters. The number of carbonyl (C=O) groups is 2. The van der Waals surface area contributed by atoms with E-state index < -0.39 is 18.0 Å². The SMILES string of the molecule is C[C@@H](OC(=O)/C=C/c1ccccc1Cl)C(=O)Nc1cccc2ccccc12. The first-order valence-corrected chi connectivity index (χ1v) is 8.84. The maximum Gasteiger partial charge on any atom is 0.331 e. The average Bonchev–Trinajstić information content (AvgIpc) is 2.67. The summed E-state index contributed by atoms with van der Waals surface area (Å²) >= 11 is 6.03. The van der Waals surface area contributed by atoms with Crippen molar-refractivity contribution in [1.82, 2.24) is 0 Å². The van der Waals surface area contributed by atoms with Crippen molar-refractivity contribution >= 4 is 46.0 Å². The Hall–Kier alpha value is -3.11. The first-order valence-electron chi connectivity index (χ1n) is 8.46. The molecule has 0 spiro atoms. The summed E-state index contributed by atoms with van der Waals surface area (Å²) in [6, 6.07) is 20.5. The van der Waals surface area contributed by atoms with E-state index in [2.05, 4.69) is 5.32 Å². The highest BCUT2D eigenvalue weighted by atomic mass is 35.5. The molecule has 1 N–H and O–H groups in total. The molecule has 0 aliphatic carbocycles. The molecule has 0 saturated heterocycles. The molecule has 3 rings (SSSR count). The molecule has 27 heavy (non-hydrogen) atoms. The van der Waals surface area contributed by atoms with Gasteiger partial charge < -0.3 is 10.1 Å². The van der Waals surface area contributed by atoms with Gasteiger partial charge in [-0.2, -0.15) is 0 Å². The molecule has 0 aromatic heterocycles. The maximum atomic E-state index is 12.4. The number of halogens is 1. The topological polar surface area (TPSA) is 55.4 Å². The largest absolute Gasteiger partial charge is 0.449 e. The summed E-state index contributed by atoms with van der Waals surface area (Å²) in [7, 11) is 0. The number of nitrogens with one attached hydrogen (secondary N) is 1. The van der Waals surface area contributed by atoms with Crippen molar-refractivity contribution in [3.63, 3.8) is 0 Å². The lowest BCUT2D eigenvalue weighted by atomic mass is 10.1. The molecule has 1 atom stereocenters. The van der Waals surface area contributed by atoms with Crippen molar-refractivity contribution in [2.45, 2.75) is 13.0 Å². The third-order valence-electron chi connectivity index (χ3n) is 4.01. The Balaban J connectivity index is 1.63. The minimum Gasteiger partial charge on any atom is -0.449 e. The molecule has 136 valence electrons. The monoisotopic (exact) mass is 379 g/mol. The van der Waals surface area contributed by atoms with E-state index in [0.29, 0.717) is 16.3 Å². The van der Waals surface area contributed by atoms with Gasteiger partial charge in [-0.25, -0.2) is 4.79 Å². The number of fused-ring (bicyclic) bond motifs is 1. The van der Waals surface area contributed by atoms with Gasteiger partial charge in [-0.05, 0) is 36.1 Å². The van der Waals surface area contributed by atoms with Crippen LogP contribution in [-0.2, 0) is 14.3 Å². The van der Waals surface area contributed by atoms with Crippen LogP contribution >= 0.6 is 11.6 Å². The lowest BCUT2D eigenvalue weighted by Crippen LogP contribution is -2.29. The Morgan fingerprint density at radius 1 is 1.00 bits per heavy atom. The molecule has 1 amide bonds. The van der Waals surface area contributed by atoms with Gasteiger partial charge in [-0.3, -0.25) is 4.79 Å². The van der Waals surface area contributed by atoms with Gasteiger partial charge in [0, 0.05) is 22.2 Å². The van der Waals surface area contributed by atoms with E-state index in [-0.39, 0.29) is 0 Å². The minimum atomic E-state index is -0.938. The van der Waals surface area contributed by atoms with Crippen molar-refractivity contribution in [1.29, 1.82) is 0 Å². The fourth-order valence-corrected chi connectivity index (χ4v) is 2.80. The van der Waals surface area contributed by atoms with Gasteiger partial charge in [0.1, 0.15) is 0 Å². The van der Waals surface area contributed by atoms with Crippen LogP contribution in [0.1, 0.15) is 12.5 Å². The van der Waals surface area contributed by atoms with Crippen molar-refractivity contribution in [2.24, 2.45) is 0 Å². The van der Waals surface area contributed by atoms with Crippen molar-refractivity contribution in [2.75, 3.05) is 5.32 Å². The lowest BCUT2D eigenvalue weighted by Gasteiger charge is -2.14. The number of ether oxygens (including phenoxy) is 1. The van der Waals surface area contributed by atoms with Crippen LogP contribution in [0.15, 0.2) is 72.8 Å². The van der Waals surface area contributed by atoms with E-state index >= 15 is 0 Å². The quantitative estimate of drug-likeness (QED) is 0.497. The van der Waals surface area contributed by atoms with Crippen LogP contribution < -0.4 is 5.32 Å². The molecule has 3 aromatic carbocycles. The third kappa shape index (κ3) is 4.74. The van der Waals surface area contributed by atoms with E-state index in [4.69, 9.17) is 16.3 Å². The fourth-order valence-electron chi connectivity index (χ4n) is 2.60. The molecule has 0 saturated carbocycles. The molecule has 0 radical (unpaired) electrons. The third-order valence-corrected chi connectivity index (χ3v) is 4.36. The van der Waals surface area contributed by atoms with E-state index in [1.807, 2.05) is 48.5 Å². The molecule has 0 heterocycles. The van der Waals surface area contributed by atoms with Gasteiger partial charge in [0.25, 0.3) is 5.91 Å². The molecule has 0 aliphatic heterocycles. The van der Waals surface area contributed by atoms with E-state index in [0.717, 1.165) is 10.8 Å². The lowest BCUT2D eigenvalue weighted by molar-refractivity contribution is -0.148. The van der Waals surface area contributed by atoms with Crippen molar-refractivity contribution in [3.05, 3.63) is 83.4 Å². The molecule has 0 bridgehead atoms. The summed E-state index contributed by atoms with van der Waals surface area (Å²) in [6.45, 7) is 1.53. The number of benzene rings is 3. The van der Waals surface area contributed by atoms with E-state index in [9.17, 15) is 9.59 Å². The standard InChI is InChI=1S/C22H18ClNO3/c1-15(27-21(25)14-13-17-8-3-5-11-19(17)23)22(26)24-20-12-6-9-16-7-2-4-10-18(16)20/h2-15H,1H3,(H,24,26)/b14-13+/t15-/m1/s1. The number of esters is 1. The number of hydrogen-bond donors (Lipinski definition) is 1. The van der Waals surface area contributed by atoms with Crippen LogP contribution in [0.4, 0.5) is 5.69 Å². The van der Waals surface area contributed by atoms with Crippen LogP contribution in [0, 0.1) is 0 Å². The Bertz CT molecular complexity index is 1010. The zero-order valence-corrected chi connectivity index (χ0v) is 15.4. The maximum absolute atomic E-state index is 12.4. The molecule has 5 heteroatoms. The minimum absolute atomic E-state index is 0.397. The summed E-state index contributed by atoms with van der Waals surface area (Å²) in [6.07, 6.45) is 1.87. The molecule has 3 aromatic rings. The van der Waals surface area contributed by atoms with Gasteiger partial charge in [0.05, 0.1) is 0 Å². The van der Waals surface area contributed by atoms with Gasteiger partial charge in [0.2, 0.25) is 0 Å². The van der Waals surface area contributed by atoms with Crippen LogP contribution in [0.2, 0.25) is 5.02 Å². The number of anilines is 1. The van der Waals surface area contributed by atoms with Crippen LogP contribution in [0.5, 0.6) is 0 Å². The number of carbonyl (C=O) groups excluding carboxylic acids is 2. The second-order valence-electron chi connectivity index (χ2n) is 5.95. The summed E-state index contributed by atoms with van der Waals surface area (Å²) in [5.74, 6) is -1.01. The van der Waals surface area contributed by atoms with Gasteiger partial charge in [-0.15, -0.1) is 0 Å². The Morgan fingerprint density at radius 2 is 1.70 bits per heavy atom. The first kappa shape index (κ1) is 18.7. The summed E-state index contributed by atoms with van der Waals surface area (Å²) in [5, 5.41) is 5.28. The Morgan fingerprint density at radius 3 is 2.52 bits per heavy atom. The first-order chi connectivity index (χ1) is 13.0. The van der Waals surface area contributed by atoms with Gasteiger partial charge >= 0.3 is 5.97 Å². The van der Waals surface area contributed by atoms with E-state index in [1.54, 1.807) is 24.3 Å². The molecule has 4 nitrogen and oxygen atoms in total. The Labute approximate surface area is 162 Å². The molecule has 0 fully saturated rings. The average molecular weight is 380 g/mol. The zero-order valence-electron chi connectivity index (χ0n) is 14.7. The van der Waals surface area contributed by atoms with Gasteiger partial charge in [0.15, 0.2) is 6.10 Å². The smallest absolute Gasteiger partial charge is 0.331 e.